The van der Waals surface area contributed by atoms with E-state index < -0.39 is 0 Å². The lowest BCUT2D eigenvalue weighted by Gasteiger charge is -2.21. The Morgan fingerprint density at radius 2 is 2.00 bits per heavy atom. The van der Waals surface area contributed by atoms with Crippen LogP contribution >= 0.6 is 11.8 Å². The third kappa shape index (κ3) is 3.16. The molecule has 92 valence electrons. The monoisotopic (exact) mass is 250 g/mol. The predicted molar refractivity (Wildman–Crippen MR) is 71.3 cm³/mol. The molecule has 0 saturated carbocycles. The molecule has 1 aliphatic heterocycles. The molecule has 2 rings (SSSR count). The first-order chi connectivity index (χ1) is 7.96. The van der Waals surface area contributed by atoms with Crippen LogP contribution in [0.5, 0.6) is 0 Å². The molecule has 0 aromatic heterocycles. The molecule has 0 unspecified atom stereocenters. The highest BCUT2D eigenvalue weighted by Gasteiger charge is 2.25. The minimum Gasteiger partial charge on any atom is -0.336 e. The molecule has 17 heavy (non-hydrogen) atoms. The average molecular weight is 250 g/mol. The van der Waals surface area contributed by atoms with Gasteiger partial charge in [0.2, 0.25) is 0 Å². The molecule has 1 aromatic rings. The van der Waals surface area contributed by atoms with Gasteiger partial charge >= 0.3 is 6.03 Å². The molecule has 0 aliphatic carbocycles. The van der Waals surface area contributed by atoms with Gasteiger partial charge in [-0.15, -0.1) is 11.8 Å². The Labute approximate surface area is 106 Å². The number of hydrogen-bond donors (Lipinski definition) is 2. The van der Waals surface area contributed by atoms with Gasteiger partial charge in [-0.3, -0.25) is 0 Å². The fourth-order valence-electron chi connectivity index (χ4n) is 1.83. The second-order valence-electron chi connectivity index (χ2n) is 5.16. The normalized spacial score (nSPS) is 19.9. The van der Waals surface area contributed by atoms with Crippen LogP contribution in [0.15, 0.2) is 29.2 Å². The molecular weight excluding hydrogens is 232 g/mol. The highest BCUT2D eigenvalue weighted by molar-refractivity contribution is 8.00. The van der Waals surface area contributed by atoms with E-state index in [9.17, 15) is 4.79 Å². The van der Waals surface area contributed by atoms with E-state index in [0.29, 0.717) is 6.54 Å². The minimum absolute atomic E-state index is 0.0782. The van der Waals surface area contributed by atoms with Crippen molar-refractivity contribution in [3.8, 4) is 0 Å². The summed E-state index contributed by atoms with van der Waals surface area (Å²) in [4.78, 5) is 12.4. The maximum atomic E-state index is 11.2. The lowest BCUT2D eigenvalue weighted by Crippen LogP contribution is -2.22. The largest absolute Gasteiger partial charge is 0.336 e. The Hall–Kier alpha value is -1.16. The van der Waals surface area contributed by atoms with E-state index in [2.05, 4.69) is 43.5 Å². The lowest BCUT2D eigenvalue weighted by molar-refractivity contribution is 0.247. The van der Waals surface area contributed by atoms with Crippen LogP contribution in [0.2, 0.25) is 0 Å². The molecule has 1 saturated heterocycles. The first-order valence-electron chi connectivity index (χ1n) is 5.78. The van der Waals surface area contributed by atoms with Gasteiger partial charge in [0.25, 0.3) is 0 Å². The van der Waals surface area contributed by atoms with Gasteiger partial charge in [-0.05, 0) is 11.6 Å². The van der Waals surface area contributed by atoms with E-state index in [4.69, 9.17) is 0 Å². The smallest absolute Gasteiger partial charge is 0.315 e. The minimum atomic E-state index is -0.0782. The van der Waals surface area contributed by atoms with Crippen LogP contribution in [-0.2, 0) is 0 Å². The Morgan fingerprint density at radius 3 is 2.59 bits per heavy atom. The molecule has 1 fully saturated rings. The first kappa shape index (κ1) is 12.3. The second kappa shape index (κ2) is 4.61. The Balaban J connectivity index is 2.24. The quantitative estimate of drug-likeness (QED) is 0.792. The van der Waals surface area contributed by atoms with Crippen molar-refractivity contribution in [3.63, 3.8) is 0 Å². The molecule has 2 N–H and O–H groups in total. The molecule has 0 radical (unpaired) electrons. The van der Waals surface area contributed by atoms with Crippen molar-refractivity contribution >= 4 is 17.8 Å². The summed E-state index contributed by atoms with van der Waals surface area (Å²) in [6.45, 7) is 7.25. The average Bonchev–Trinajstić information content (AvgIpc) is 2.63. The molecule has 1 heterocycles. The summed E-state index contributed by atoms with van der Waals surface area (Å²) in [5.74, 6) is 0. The van der Waals surface area contributed by atoms with Crippen molar-refractivity contribution in [2.24, 2.45) is 0 Å². The van der Waals surface area contributed by atoms with Crippen LogP contribution in [0.3, 0.4) is 0 Å². The van der Waals surface area contributed by atoms with Gasteiger partial charge in [-0.2, -0.15) is 0 Å². The maximum Gasteiger partial charge on any atom is 0.315 e. The summed E-state index contributed by atoms with van der Waals surface area (Å²) < 4.78 is 0.173. The van der Waals surface area contributed by atoms with Gasteiger partial charge in [0.05, 0.1) is 6.04 Å². The number of urea groups is 1. The van der Waals surface area contributed by atoms with E-state index in [1.165, 1.54) is 10.5 Å². The molecule has 4 heteroatoms. The lowest BCUT2D eigenvalue weighted by atomic mass is 10.1. The van der Waals surface area contributed by atoms with Gasteiger partial charge in [-0.1, -0.05) is 39.0 Å². The summed E-state index contributed by atoms with van der Waals surface area (Å²) in [7, 11) is 0. The summed E-state index contributed by atoms with van der Waals surface area (Å²) >= 11 is 1.84. The van der Waals surface area contributed by atoms with Gasteiger partial charge in [-0.25, -0.2) is 4.79 Å². The Morgan fingerprint density at radius 1 is 1.29 bits per heavy atom. The van der Waals surface area contributed by atoms with E-state index in [0.717, 1.165) is 0 Å². The fourth-order valence-corrected chi connectivity index (χ4v) is 2.97. The van der Waals surface area contributed by atoms with Crippen LogP contribution < -0.4 is 10.6 Å². The number of hydrogen-bond acceptors (Lipinski definition) is 2. The number of benzene rings is 1. The summed E-state index contributed by atoms with van der Waals surface area (Å²) in [5, 5.41) is 5.73. The number of carbonyl (C=O) groups excluding carboxylic acids is 1. The van der Waals surface area contributed by atoms with Crippen LogP contribution in [0.25, 0.3) is 0 Å². The SMILES string of the molecule is CC(C)(C)Sc1ccccc1[C@H]1CNC(=O)N1. The number of nitrogens with one attached hydrogen (secondary N) is 2. The van der Waals surface area contributed by atoms with E-state index in [-0.39, 0.29) is 16.8 Å². The van der Waals surface area contributed by atoms with E-state index in [1.807, 2.05) is 23.9 Å². The summed E-state index contributed by atoms with van der Waals surface area (Å²) in [6, 6.07) is 8.29. The topological polar surface area (TPSA) is 41.1 Å². The molecule has 1 aromatic carbocycles. The van der Waals surface area contributed by atoms with Crippen molar-refractivity contribution < 1.29 is 4.79 Å². The van der Waals surface area contributed by atoms with Crippen LogP contribution in [0, 0.1) is 0 Å². The fraction of sp³-hybridized carbons (Fsp3) is 0.462. The molecule has 1 atom stereocenters. The van der Waals surface area contributed by atoms with E-state index in [1.54, 1.807) is 0 Å². The number of amides is 2. The van der Waals surface area contributed by atoms with Crippen LogP contribution in [0.1, 0.15) is 32.4 Å². The highest BCUT2D eigenvalue weighted by Crippen LogP contribution is 2.36. The van der Waals surface area contributed by atoms with Crippen molar-refractivity contribution in [1.82, 2.24) is 10.6 Å². The van der Waals surface area contributed by atoms with Crippen molar-refractivity contribution in [3.05, 3.63) is 29.8 Å². The second-order valence-corrected chi connectivity index (χ2v) is 7.03. The molecule has 2 amide bonds. The third-order valence-electron chi connectivity index (χ3n) is 2.48. The van der Waals surface area contributed by atoms with Crippen LogP contribution in [-0.4, -0.2) is 17.3 Å². The zero-order chi connectivity index (χ0) is 12.5. The number of rotatable bonds is 2. The molecule has 1 aliphatic rings. The van der Waals surface area contributed by atoms with Gasteiger partial charge in [0.15, 0.2) is 0 Å². The van der Waals surface area contributed by atoms with Gasteiger partial charge in [0.1, 0.15) is 0 Å². The summed E-state index contributed by atoms with van der Waals surface area (Å²) in [5.41, 5.74) is 1.20. The Bertz CT molecular complexity index is 426. The van der Waals surface area contributed by atoms with Gasteiger partial charge in [0, 0.05) is 16.2 Å². The van der Waals surface area contributed by atoms with E-state index >= 15 is 0 Å². The third-order valence-corrected chi connectivity index (χ3v) is 3.69. The molecule has 3 nitrogen and oxygen atoms in total. The van der Waals surface area contributed by atoms with Gasteiger partial charge < -0.3 is 10.6 Å². The highest BCUT2D eigenvalue weighted by atomic mass is 32.2. The standard InChI is InChI=1S/C13H18N2OS/c1-13(2,3)17-11-7-5-4-6-9(11)10-8-14-12(16)15-10/h4-7,10H,8H2,1-3H3,(H2,14,15,16)/t10-/m1/s1. The van der Waals surface area contributed by atoms with Crippen LogP contribution in [0.4, 0.5) is 4.79 Å². The Kier molecular flexibility index (Phi) is 3.33. The first-order valence-corrected chi connectivity index (χ1v) is 6.60. The predicted octanol–water partition coefficient (Wildman–Crippen LogP) is 2.93. The molecule has 0 bridgehead atoms. The molecule has 0 spiro atoms. The zero-order valence-electron chi connectivity index (χ0n) is 10.4. The van der Waals surface area contributed by atoms with Crippen molar-refractivity contribution in [1.29, 1.82) is 0 Å². The number of thioether (sulfide) groups is 1. The maximum absolute atomic E-state index is 11.2. The number of carbonyl (C=O) groups is 1. The zero-order valence-corrected chi connectivity index (χ0v) is 11.2. The van der Waals surface area contributed by atoms with Crippen molar-refractivity contribution in [2.75, 3.05) is 6.54 Å². The summed E-state index contributed by atoms with van der Waals surface area (Å²) in [6.07, 6.45) is 0. The van der Waals surface area contributed by atoms with Crippen molar-refractivity contribution in [2.45, 2.75) is 36.5 Å². The molecular formula is C13H18N2OS.